The van der Waals surface area contributed by atoms with Gasteiger partial charge in [-0.05, 0) is 132 Å². The van der Waals surface area contributed by atoms with Crippen molar-refractivity contribution in [1.29, 1.82) is 10.5 Å². The summed E-state index contributed by atoms with van der Waals surface area (Å²) in [5, 5.41) is 45.2. The molecule has 1 fully saturated rings. The number of nitrogens with zero attached hydrogens (tertiary/aromatic N) is 6. The summed E-state index contributed by atoms with van der Waals surface area (Å²) < 4.78 is 22.8. The number of anilines is 1. The van der Waals surface area contributed by atoms with Crippen molar-refractivity contribution in [2.75, 3.05) is 24.5 Å². The number of aliphatic imine (C=N–C) groups is 1. The first-order valence-electron chi connectivity index (χ1n) is 24.4. The van der Waals surface area contributed by atoms with Crippen molar-refractivity contribution in [3.05, 3.63) is 75.8 Å². The number of thiazole rings is 1. The topological polar surface area (TPSA) is 280 Å². The van der Waals surface area contributed by atoms with Gasteiger partial charge in [-0.25, -0.2) is 24.4 Å². The molecule has 0 radical (unpaired) electrons. The van der Waals surface area contributed by atoms with Crippen molar-refractivity contribution in [3.8, 4) is 39.6 Å². The van der Waals surface area contributed by atoms with Crippen molar-refractivity contribution >= 4 is 76.6 Å². The minimum absolute atomic E-state index is 0.0472. The minimum Gasteiger partial charge on any atom is -0.488 e. The van der Waals surface area contributed by atoms with Crippen LogP contribution in [0.1, 0.15) is 119 Å². The van der Waals surface area contributed by atoms with Crippen molar-refractivity contribution in [1.82, 2.24) is 31.2 Å². The smallest absolute Gasteiger partial charge is 0.414 e. The van der Waals surface area contributed by atoms with E-state index in [4.69, 9.17) is 40.5 Å². The number of benzene rings is 2. The number of nitriles is 2. The van der Waals surface area contributed by atoms with E-state index < -0.39 is 64.6 Å². The van der Waals surface area contributed by atoms with Gasteiger partial charge in [-0.2, -0.15) is 10.5 Å². The number of carboxylic acid groups (broad SMARTS) is 1. The average molecular weight is 1100 g/mol. The van der Waals surface area contributed by atoms with Gasteiger partial charge in [-0.15, -0.1) is 11.3 Å². The van der Waals surface area contributed by atoms with E-state index in [1.165, 1.54) is 36.9 Å². The second-order valence-corrected chi connectivity index (χ2v) is 23.0. The molecule has 0 aliphatic carbocycles. The molecule has 1 aliphatic rings. The number of pyridine rings is 1. The number of hydrogen-bond acceptors (Lipinski definition) is 17. The van der Waals surface area contributed by atoms with Crippen molar-refractivity contribution < 1.29 is 48.0 Å². The Morgan fingerprint density at radius 1 is 0.816 bits per heavy atom. The van der Waals surface area contributed by atoms with Crippen molar-refractivity contribution in [3.63, 3.8) is 0 Å². The molecule has 5 rings (SSSR count). The average Bonchev–Trinajstić information content (AvgIpc) is 4.03. The van der Waals surface area contributed by atoms with Crippen molar-refractivity contribution in [2.45, 2.75) is 147 Å². The summed E-state index contributed by atoms with van der Waals surface area (Å²) in [7, 11) is 0. The highest BCUT2D eigenvalue weighted by Gasteiger charge is 2.48. The molecule has 3 atom stereocenters. The number of aliphatic carboxylic acids is 1. The van der Waals surface area contributed by atoms with Gasteiger partial charge in [0.1, 0.15) is 68.3 Å². The zero-order chi connectivity index (χ0) is 56.2. The molecule has 5 N–H and O–H groups in total. The van der Waals surface area contributed by atoms with Crippen LogP contribution in [-0.4, -0.2) is 105 Å². The quantitative estimate of drug-likeness (QED) is 0.0216. The predicted molar refractivity (Wildman–Crippen MR) is 290 cm³/mol. The number of carbonyl (C=O) groups is 5. The Morgan fingerprint density at radius 3 is 1.91 bits per heavy atom. The van der Waals surface area contributed by atoms with E-state index in [-0.39, 0.29) is 42.2 Å². The van der Waals surface area contributed by atoms with Crippen LogP contribution in [0.25, 0.3) is 21.7 Å². The van der Waals surface area contributed by atoms with Gasteiger partial charge >= 0.3 is 24.2 Å². The van der Waals surface area contributed by atoms with E-state index >= 15 is 0 Å². The van der Waals surface area contributed by atoms with Gasteiger partial charge < -0.3 is 39.6 Å². The first-order chi connectivity index (χ1) is 35.6. The lowest BCUT2D eigenvalue weighted by atomic mass is 9.86. The summed E-state index contributed by atoms with van der Waals surface area (Å²) >= 11 is 8.93. The molecular weight excluding hydrogens is 1040 g/mol. The maximum Gasteiger partial charge on any atom is 0.414 e. The monoisotopic (exact) mass is 1100 g/mol. The molecule has 4 aromatic rings. The second kappa shape index (κ2) is 25.6. The van der Waals surface area contributed by atoms with Gasteiger partial charge in [0.2, 0.25) is 11.9 Å². The Hall–Kier alpha value is -7.14. The Balaban J connectivity index is 1.52. The zero-order valence-corrected chi connectivity index (χ0v) is 46.9. The molecule has 0 saturated carbocycles. The Morgan fingerprint density at radius 2 is 1.37 bits per heavy atom. The van der Waals surface area contributed by atoms with Crippen LogP contribution in [0.15, 0.2) is 63.9 Å². The summed E-state index contributed by atoms with van der Waals surface area (Å²) in [5.41, 5.74) is -1.94. The van der Waals surface area contributed by atoms with Gasteiger partial charge in [0, 0.05) is 46.9 Å². The lowest BCUT2D eigenvalue weighted by Gasteiger charge is -2.39. The van der Waals surface area contributed by atoms with Crippen LogP contribution in [0.3, 0.4) is 0 Å². The Kier molecular flexibility index (Phi) is 20.1. The molecule has 0 bridgehead atoms. The first-order valence-corrected chi connectivity index (χ1v) is 26.7. The van der Waals surface area contributed by atoms with Gasteiger partial charge in [0.25, 0.3) is 0 Å². The number of carboxylic acids is 1. The van der Waals surface area contributed by atoms with E-state index in [9.17, 15) is 39.6 Å². The van der Waals surface area contributed by atoms with Gasteiger partial charge in [-0.3, -0.25) is 25.2 Å². The number of alkyl carbamates (subject to hydrolysis) is 3. The maximum absolute atomic E-state index is 14.6. The van der Waals surface area contributed by atoms with Crippen LogP contribution in [0.4, 0.5) is 20.2 Å². The number of halogens is 1. The molecule has 2 aromatic heterocycles. The van der Waals surface area contributed by atoms with Crippen LogP contribution >= 0.6 is 34.7 Å². The van der Waals surface area contributed by atoms with E-state index in [0.29, 0.717) is 45.8 Å². The number of guanidine groups is 1. The molecule has 0 spiro atoms. The van der Waals surface area contributed by atoms with Gasteiger partial charge in [0.15, 0.2) is 5.54 Å². The number of hydrogen-bond donors (Lipinski definition) is 5. The van der Waals surface area contributed by atoms with Crippen LogP contribution < -0.4 is 30.9 Å². The maximum atomic E-state index is 14.6. The van der Waals surface area contributed by atoms with Gasteiger partial charge in [0.05, 0.1) is 11.3 Å². The number of ether oxygens (including phenoxy) is 4. The molecule has 3 heterocycles. The molecule has 23 heteroatoms. The highest BCUT2D eigenvalue weighted by atomic mass is 35.5. The normalized spacial score (nSPS) is 14.1. The second-order valence-electron chi connectivity index (χ2n) is 20.7. The SMILES string of the molecule is CC(Oc1ccc(-c2c(C#N)c(SCc3csc(-c4ccc(Cl)cc4)n3)nc(N3CCCC3)c2C#N)cc1)[C@@](CCCN=C(NC(=O)OC(C)(C)C)NC(=O)OC(C)(C)C)(NC(=O)OC(C)(C)C)C(=O)N[C@@H](C)C(=O)O. The van der Waals surface area contributed by atoms with Crippen LogP contribution in [0.5, 0.6) is 5.75 Å². The fraction of sp³-hybridized carbons (Fsp3) is 0.472. The van der Waals surface area contributed by atoms with E-state index in [1.54, 1.807) is 98.7 Å². The molecule has 1 aliphatic heterocycles. The van der Waals surface area contributed by atoms with E-state index in [0.717, 1.165) is 29.1 Å². The number of carbonyl (C=O) groups excluding carboxylic acids is 4. The number of rotatable bonds is 17. The largest absolute Gasteiger partial charge is 0.488 e. The number of amides is 4. The third-order valence-corrected chi connectivity index (χ3v) is 13.2. The fourth-order valence-corrected chi connectivity index (χ4v) is 9.55. The Bertz CT molecular complexity index is 2830. The molecule has 1 saturated heterocycles. The molecule has 1 unspecified atom stereocenters. The summed E-state index contributed by atoms with van der Waals surface area (Å²) in [5.74, 6) is -1.59. The third kappa shape index (κ3) is 17.2. The van der Waals surface area contributed by atoms with Crippen LogP contribution in [0.2, 0.25) is 5.02 Å². The first kappa shape index (κ1) is 59.7. The molecule has 76 heavy (non-hydrogen) atoms. The highest BCUT2D eigenvalue weighted by molar-refractivity contribution is 7.98. The number of thioether (sulfide) groups is 1. The van der Waals surface area contributed by atoms with Crippen LogP contribution in [-0.2, 0) is 29.6 Å². The third-order valence-electron chi connectivity index (χ3n) is 11.0. The molecular formula is C53H65ClN10O10S2. The Labute approximate surface area is 456 Å². The lowest BCUT2D eigenvalue weighted by Crippen LogP contribution is -2.67. The molecule has 4 amide bonds. The lowest BCUT2D eigenvalue weighted by molar-refractivity contribution is -0.143. The number of aromatic nitrogens is 2. The fourth-order valence-electron chi connectivity index (χ4n) is 7.61. The summed E-state index contributed by atoms with van der Waals surface area (Å²) in [6.45, 7) is 18.7. The number of nitrogens with one attached hydrogen (secondary N) is 4. The van der Waals surface area contributed by atoms with E-state index in [1.807, 2.05) is 22.4 Å². The zero-order valence-electron chi connectivity index (χ0n) is 44.5. The highest BCUT2D eigenvalue weighted by Crippen LogP contribution is 2.41. The minimum atomic E-state index is -2.08. The van der Waals surface area contributed by atoms with Gasteiger partial charge in [-0.1, -0.05) is 47.6 Å². The summed E-state index contributed by atoms with van der Waals surface area (Å²) in [6, 6.07) is 17.1. The molecule has 20 nitrogen and oxygen atoms in total. The van der Waals surface area contributed by atoms with Crippen molar-refractivity contribution in [2.24, 2.45) is 4.99 Å². The molecule has 406 valence electrons. The molecule has 2 aromatic carbocycles. The van der Waals surface area contributed by atoms with E-state index in [2.05, 4.69) is 38.4 Å². The predicted octanol–water partition coefficient (Wildman–Crippen LogP) is 9.97. The van der Waals surface area contributed by atoms with Crippen LogP contribution in [0, 0.1) is 22.7 Å². The summed E-state index contributed by atoms with van der Waals surface area (Å²) in [6.07, 6.45) is -2.67. The standard InChI is InChI=1S/C53H65ClN10O10S2/c1-31(44(65)66)58-45(67)53(63-49(70)74-52(9,10)11,23-14-24-57-46(61-47(68)72-50(3,4)5)62-48(69)73-51(6,7)8)32(2)71-37-21-17-33(18-22-37)40-38(27-55)41(64-25-12-13-26-64)60-43(39(40)28-56)76-30-36-29-75-42(59-36)34-15-19-35(54)20-16-34/h15-22,29,31-32H,12-14,23-26,30H2,1-11H3,(H,58,67)(H,63,70)(H,65,66)(H2,57,61,62,68,69)/t31-,32?,53+/m0/s1. The summed E-state index contributed by atoms with van der Waals surface area (Å²) in [4.78, 5) is 82.2.